The van der Waals surface area contributed by atoms with E-state index in [1.165, 1.54) is 0 Å². The molecule has 0 radical (unpaired) electrons. The number of hydrogen-bond acceptors (Lipinski definition) is 4. The molecule has 2 atom stereocenters. The van der Waals surface area contributed by atoms with Gasteiger partial charge in [-0.1, -0.05) is 0 Å². The van der Waals surface area contributed by atoms with E-state index < -0.39 is 0 Å². The van der Waals surface area contributed by atoms with Gasteiger partial charge in [0.05, 0.1) is 24.0 Å². The first-order chi connectivity index (χ1) is 8.86. The molecule has 0 bridgehead atoms. The van der Waals surface area contributed by atoms with Crippen molar-refractivity contribution in [2.24, 2.45) is 0 Å². The number of nitrogens with zero attached hydrogens (tertiary/aromatic N) is 2. The second kappa shape index (κ2) is 9.23. The topological polar surface area (TPSA) is 62.8 Å². The van der Waals surface area contributed by atoms with Crippen LogP contribution in [0.4, 0.5) is 0 Å². The number of nitrogens with one attached hydrogen (secondary N) is 2. The molecule has 0 aliphatic carbocycles. The van der Waals surface area contributed by atoms with Crippen LogP contribution in [0.5, 0.6) is 0 Å². The van der Waals surface area contributed by atoms with Gasteiger partial charge in [0.25, 0.3) is 0 Å². The Morgan fingerprint density at radius 3 is 2.67 bits per heavy atom. The summed E-state index contributed by atoms with van der Waals surface area (Å²) in [5, 5.41) is 3.40. The summed E-state index contributed by atoms with van der Waals surface area (Å²) < 4.78 is 5.34. The zero-order valence-corrected chi connectivity index (χ0v) is 13.9. The lowest BCUT2D eigenvalue weighted by Crippen LogP contribution is -2.16. The Morgan fingerprint density at radius 1 is 1.24 bits per heavy atom. The van der Waals surface area contributed by atoms with Gasteiger partial charge < -0.3 is 15.0 Å². The standard InChI is InChI=1S/C13H16N4O.3ClH/c1-18-10-5-11(15-7-10)13-16-8-12(17-13)9-3-2-4-14-6-9;;;/h2-4,6,8,10-11,15H,5,7H2,1H3,(H,16,17);3*1H. The summed E-state index contributed by atoms with van der Waals surface area (Å²) in [4.78, 5) is 11.9. The minimum absolute atomic E-state index is 0. The first-order valence-electron chi connectivity index (χ1n) is 6.08. The Balaban J connectivity index is 0.00000133. The molecule has 8 heteroatoms. The van der Waals surface area contributed by atoms with Crippen molar-refractivity contribution in [2.45, 2.75) is 18.6 Å². The van der Waals surface area contributed by atoms with Crippen LogP contribution in [0.2, 0.25) is 0 Å². The van der Waals surface area contributed by atoms with Gasteiger partial charge in [0, 0.05) is 31.6 Å². The number of H-pyrrole nitrogens is 1. The van der Waals surface area contributed by atoms with Crippen molar-refractivity contribution in [3.05, 3.63) is 36.5 Å². The zero-order chi connectivity index (χ0) is 12.4. The molecular formula is C13H19Cl3N4O. The summed E-state index contributed by atoms with van der Waals surface area (Å²) in [7, 11) is 1.75. The summed E-state index contributed by atoms with van der Waals surface area (Å²) in [6.45, 7) is 0.879. The van der Waals surface area contributed by atoms with Crippen molar-refractivity contribution in [3.8, 4) is 11.3 Å². The van der Waals surface area contributed by atoms with Gasteiger partial charge in [-0.25, -0.2) is 4.98 Å². The average Bonchev–Trinajstić information content (AvgIpc) is 3.08. The first-order valence-corrected chi connectivity index (χ1v) is 6.08. The van der Waals surface area contributed by atoms with Crippen molar-refractivity contribution >= 4 is 37.2 Å². The molecule has 1 fully saturated rings. The van der Waals surface area contributed by atoms with Gasteiger partial charge in [-0.05, 0) is 18.6 Å². The van der Waals surface area contributed by atoms with Gasteiger partial charge in [-0.15, -0.1) is 37.2 Å². The van der Waals surface area contributed by atoms with E-state index in [1.54, 1.807) is 13.3 Å². The quantitative estimate of drug-likeness (QED) is 0.890. The summed E-state index contributed by atoms with van der Waals surface area (Å²) in [5.74, 6) is 0.966. The number of pyridine rings is 1. The monoisotopic (exact) mass is 352 g/mol. The second-order valence-corrected chi connectivity index (χ2v) is 4.48. The molecule has 118 valence electrons. The van der Waals surface area contributed by atoms with Gasteiger partial charge >= 0.3 is 0 Å². The number of halogens is 3. The maximum absolute atomic E-state index is 5.34. The van der Waals surface area contributed by atoms with Gasteiger partial charge in [0.15, 0.2) is 0 Å². The molecule has 1 aliphatic heterocycles. The van der Waals surface area contributed by atoms with E-state index in [0.29, 0.717) is 0 Å². The SMILES string of the molecule is COC1CNC(c2ncc(-c3cccnc3)[nH]2)C1.Cl.Cl.Cl. The van der Waals surface area contributed by atoms with Crippen LogP contribution in [0, 0.1) is 0 Å². The van der Waals surface area contributed by atoms with Crippen LogP contribution >= 0.6 is 37.2 Å². The van der Waals surface area contributed by atoms with Gasteiger partial charge in [-0.3, -0.25) is 4.98 Å². The fourth-order valence-corrected chi connectivity index (χ4v) is 2.27. The van der Waals surface area contributed by atoms with Crippen LogP contribution in [0.15, 0.2) is 30.7 Å². The van der Waals surface area contributed by atoms with Gasteiger partial charge in [0.2, 0.25) is 0 Å². The summed E-state index contributed by atoms with van der Waals surface area (Å²) >= 11 is 0. The lowest BCUT2D eigenvalue weighted by Gasteiger charge is -2.06. The van der Waals surface area contributed by atoms with E-state index in [9.17, 15) is 0 Å². The maximum Gasteiger partial charge on any atom is 0.123 e. The molecule has 2 unspecified atom stereocenters. The van der Waals surface area contributed by atoms with Crippen LogP contribution in [-0.4, -0.2) is 34.7 Å². The molecule has 1 saturated heterocycles. The average molecular weight is 354 g/mol. The smallest absolute Gasteiger partial charge is 0.123 e. The summed E-state index contributed by atoms with van der Waals surface area (Å²) in [6, 6.07) is 4.19. The number of imidazole rings is 1. The van der Waals surface area contributed by atoms with E-state index >= 15 is 0 Å². The van der Waals surface area contributed by atoms with Crippen molar-refractivity contribution in [2.75, 3.05) is 13.7 Å². The summed E-state index contributed by atoms with van der Waals surface area (Å²) in [6.07, 6.45) is 6.69. The summed E-state index contributed by atoms with van der Waals surface area (Å²) in [5.41, 5.74) is 2.05. The van der Waals surface area contributed by atoms with Crippen LogP contribution < -0.4 is 5.32 Å². The highest BCUT2D eigenvalue weighted by Crippen LogP contribution is 2.24. The first kappa shape index (κ1) is 20.1. The molecule has 3 heterocycles. The lowest BCUT2D eigenvalue weighted by atomic mass is 10.2. The minimum Gasteiger partial charge on any atom is -0.380 e. The third kappa shape index (κ3) is 4.56. The highest BCUT2D eigenvalue weighted by molar-refractivity contribution is 5.86. The molecule has 2 aromatic heterocycles. The predicted octanol–water partition coefficient (Wildman–Crippen LogP) is 2.79. The highest BCUT2D eigenvalue weighted by Gasteiger charge is 2.27. The molecule has 0 aromatic carbocycles. The fraction of sp³-hybridized carbons (Fsp3) is 0.385. The van der Waals surface area contributed by atoms with Crippen molar-refractivity contribution in [1.29, 1.82) is 0 Å². The van der Waals surface area contributed by atoms with Crippen LogP contribution in [0.3, 0.4) is 0 Å². The van der Waals surface area contributed by atoms with Gasteiger partial charge in [-0.2, -0.15) is 0 Å². The van der Waals surface area contributed by atoms with E-state index in [2.05, 4.69) is 20.3 Å². The van der Waals surface area contributed by atoms with Crippen LogP contribution in [0.1, 0.15) is 18.3 Å². The number of ether oxygens (including phenoxy) is 1. The van der Waals surface area contributed by atoms with E-state index in [0.717, 1.165) is 30.0 Å². The normalized spacial score (nSPS) is 20.0. The van der Waals surface area contributed by atoms with Crippen molar-refractivity contribution in [1.82, 2.24) is 20.3 Å². The largest absolute Gasteiger partial charge is 0.380 e. The highest BCUT2D eigenvalue weighted by atomic mass is 35.5. The Bertz CT molecular complexity index is 523. The van der Waals surface area contributed by atoms with Crippen molar-refractivity contribution in [3.63, 3.8) is 0 Å². The molecule has 0 amide bonds. The second-order valence-electron chi connectivity index (χ2n) is 4.48. The number of hydrogen-bond donors (Lipinski definition) is 2. The molecule has 2 N–H and O–H groups in total. The maximum atomic E-state index is 5.34. The third-order valence-corrected chi connectivity index (χ3v) is 3.32. The lowest BCUT2D eigenvalue weighted by molar-refractivity contribution is 0.117. The van der Waals surface area contributed by atoms with Crippen LogP contribution in [0.25, 0.3) is 11.3 Å². The van der Waals surface area contributed by atoms with Crippen LogP contribution in [-0.2, 0) is 4.74 Å². The number of methoxy groups -OCH3 is 1. The zero-order valence-electron chi connectivity index (χ0n) is 11.5. The number of aromatic nitrogens is 3. The molecule has 0 spiro atoms. The minimum atomic E-state index is 0. The molecule has 2 aromatic rings. The van der Waals surface area contributed by atoms with Crippen molar-refractivity contribution < 1.29 is 4.74 Å². The molecule has 5 nitrogen and oxygen atoms in total. The molecule has 21 heavy (non-hydrogen) atoms. The Morgan fingerprint density at radius 2 is 2.05 bits per heavy atom. The fourth-order valence-electron chi connectivity index (χ4n) is 2.27. The Labute approximate surface area is 142 Å². The number of rotatable bonds is 3. The predicted molar refractivity (Wildman–Crippen MR) is 89.7 cm³/mol. The Hall–Kier alpha value is -0.850. The van der Waals surface area contributed by atoms with E-state index in [1.807, 2.05) is 24.5 Å². The van der Waals surface area contributed by atoms with Gasteiger partial charge in [0.1, 0.15) is 5.82 Å². The van der Waals surface area contributed by atoms with E-state index in [-0.39, 0.29) is 49.4 Å². The van der Waals surface area contributed by atoms with E-state index in [4.69, 9.17) is 4.74 Å². The third-order valence-electron chi connectivity index (χ3n) is 3.32. The molecule has 3 rings (SSSR count). The molecule has 1 aliphatic rings. The molecular weight excluding hydrogens is 335 g/mol. The molecule has 0 saturated carbocycles. The number of aromatic amines is 1. The Kier molecular flexibility index (Phi) is 8.85.